The normalized spacial score (nSPS) is 11.5. The van der Waals surface area contributed by atoms with Crippen molar-refractivity contribution in [3.8, 4) is 16.9 Å². The Kier molecular flexibility index (Phi) is 8.38. The average Bonchev–Trinajstić information content (AvgIpc) is 3.29. The SMILES string of the molecule is C=CCN(CC(=O)Nc1nc(-c2ccc(Cl)cc2)cn1-c1ccc(C)c(C)c1)S(=O)(=O)c1ccc(Cl)cc1. The molecule has 196 valence electrons. The first kappa shape index (κ1) is 27.6. The van der Waals surface area contributed by atoms with E-state index >= 15 is 0 Å². The zero-order chi connectivity index (χ0) is 27.4. The van der Waals surface area contributed by atoms with Crippen molar-refractivity contribution in [2.75, 3.05) is 18.4 Å². The molecule has 10 heteroatoms. The zero-order valence-corrected chi connectivity index (χ0v) is 23.2. The van der Waals surface area contributed by atoms with Gasteiger partial charge in [-0.1, -0.05) is 47.5 Å². The van der Waals surface area contributed by atoms with E-state index in [0.717, 1.165) is 26.7 Å². The van der Waals surface area contributed by atoms with E-state index in [1.54, 1.807) is 16.7 Å². The van der Waals surface area contributed by atoms with Crippen molar-refractivity contribution < 1.29 is 13.2 Å². The van der Waals surface area contributed by atoms with Gasteiger partial charge in [-0.05, 0) is 73.5 Å². The first-order valence-corrected chi connectivity index (χ1v) is 13.9. The number of anilines is 1. The molecule has 0 atom stereocenters. The molecule has 0 aliphatic carbocycles. The molecule has 0 saturated heterocycles. The molecule has 1 aromatic heterocycles. The Morgan fingerprint density at radius 1 is 1.00 bits per heavy atom. The maximum Gasteiger partial charge on any atom is 0.243 e. The van der Waals surface area contributed by atoms with Crippen molar-refractivity contribution in [3.05, 3.63) is 107 Å². The number of carbonyl (C=O) groups is 1. The van der Waals surface area contributed by atoms with Crippen LogP contribution < -0.4 is 5.32 Å². The van der Waals surface area contributed by atoms with E-state index in [0.29, 0.717) is 15.7 Å². The summed E-state index contributed by atoms with van der Waals surface area (Å²) < 4.78 is 29.2. The lowest BCUT2D eigenvalue weighted by Crippen LogP contribution is -2.38. The summed E-state index contributed by atoms with van der Waals surface area (Å²) in [5.41, 5.74) is 4.43. The van der Waals surface area contributed by atoms with Gasteiger partial charge in [0.25, 0.3) is 0 Å². The fraction of sp³-hybridized carbons (Fsp3) is 0.143. The number of rotatable bonds is 9. The molecule has 1 N–H and O–H groups in total. The number of nitrogens with zero attached hydrogens (tertiary/aromatic N) is 3. The molecule has 1 heterocycles. The number of amides is 1. The summed E-state index contributed by atoms with van der Waals surface area (Å²) in [6.45, 7) is 7.17. The second kappa shape index (κ2) is 11.5. The molecule has 0 aliphatic heterocycles. The lowest BCUT2D eigenvalue weighted by molar-refractivity contribution is -0.116. The fourth-order valence-corrected chi connectivity index (χ4v) is 5.39. The summed E-state index contributed by atoms with van der Waals surface area (Å²) in [5.74, 6) is -0.298. The molecule has 3 aromatic carbocycles. The Morgan fingerprint density at radius 2 is 1.63 bits per heavy atom. The summed E-state index contributed by atoms with van der Waals surface area (Å²) in [4.78, 5) is 17.9. The molecular formula is C28H26Cl2N4O3S. The molecule has 0 fully saturated rings. The predicted molar refractivity (Wildman–Crippen MR) is 153 cm³/mol. The maximum absolute atomic E-state index is 13.2. The van der Waals surface area contributed by atoms with Crippen molar-refractivity contribution in [2.45, 2.75) is 18.7 Å². The van der Waals surface area contributed by atoms with Crippen LogP contribution in [0.4, 0.5) is 5.95 Å². The van der Waals surface area contributed by atoms with E-state index in [1.165, 1.54) is 30.3 Å². The van der Waals surface area contributed by atoms with E-state index in [4.69, 9.17) is 23.2 Å². The van der Waals surface area contributed by atoms with Crippen LogP contribution in [-0.4, -0.2) is 41.3 Å². The maximum atomic E-state index is 13.2. The topological polar surface area (TPSA) is 84.3 Å². The number of halogens is 2. The van der Waals surface area contributed by atoms with Crippen LogP contribution in [0, 0.1) is 13.8 Å². The van der Waals surface area contributed by atoms with Gasteiger partial charge in [-0.3, -0.25) is 14.7 Å². The highest BCUT2D eigenvalue weighted by Gasteiger charge is 2.26. The van der Waals surface area contributed by atoms with Crippen LogP contribution in [0.25, 0.3) is 16.9 Å². The van der Waals surface area contributed by atoms with Gasteiger partial charge in [0.1, 0.15) is 0 Å². The third-order valence-electron chi connectivity index (χ3n) is 5.97. The second-order valence-corrected chi connectivity index (χ2v) is 11.5. The number of benzene rings is 3. The van der Waals surface area contributed by atoms with Gasteiger partial charge in [0.05, 0.1) is 17.1 Å². The zero-order valence-electron chi connectivity index (χ0n) is 20.9. The summed E-state index contributed by atoms with van der Waals surface area (Å²) in [5, 5.41) is 3.80. The molecule has 1 amide bonds. The molecule has 0 aliphatic rings. The molecule has 4 aromatic rings. The smallest absolute Gasteiger partial charge is 0.243 e. The van der Waals surface area contributed by atoms with Gasteiger partial charge in [0, 0.05) is 34.0 Å². The third-order valence-corrected chi connectivity index (χ3v) is 8.30. The average molecular weight is 570 g/mol. The molecule has 4 rings (SSSR count). The van der Waals surface area contributed by atoms with Gasteiger partial charge < -0.3 is 0 Å². The van der Waals surface area contributed by atoms with Gasteiger partial charge >= 0.3 is 0 Å². The first-order valence-electron chi connectivity index (χ1n) is 11.7. The molecule has 7 nitrogen and oxygen atoms in total. The van der Waals surface area contributed by atoms with Crippen LogP contribution in [0.5, 0.6) is 0 Å². The fourth-order valence-electron chi connectivity index (χ4n) is 3.77. The van der Waals surface area contributed by atoms with Crippen LogP contribution in [0.3, 0.4) is 0 Å². The highest BCUT2D eigenvalue weighted by molar-refractivity contribution is 7.89. The predicted octanol–water partition coefficient (Wildman–Crippen LogP) is 6.28. The molecule has 0 unspecified atom stereocenters. The van der Waals surface area contributed by atoms with Crippen molar-refractivity contribution in [2.24, 2.45) is 0 Å². The number of aryl methyl sites for hydroxylation is 2. The number of sulfonamides is 1. The van der Waals surface area contributed by atoms with Crippen LogP contribution in [0.15, 0.2) is 90.5 Å². The summed E-state index contributed by atoms with van der Waals surface area (Å²) in [7, 11) is -3.98. The van der Waals surface area contributed by atoms with Crippen LogP contribution >= 0.6 is 23.2 Å². The third kappa shape index (κ3) is 6.16. The summed E-state index contributed by atoms with van der Waals surface area (Å²) in [6, 6.07) is 18.9. The minimum atomic E-state index is -3.98. The van der Waals surface area contributed by atoms with Gasteiger partial charge in [0.2, 0.25) is 21.9 Å². The Labute approximate surface area is 232 Å². The molecule has 0 bridgehead atoms. The minimum absolute atomic E-state index is 0.0261. The van der Waals surface area contributed by atoms with Crippen molar-refractivity contribution >= 4 is 45.1 Å². The lowest BCUT2D eigenvalue weighted by Gasteiger charge is -2.20. The Morgan fingerprint density at radius 3 is 2.24 bits per heavy atom. The summed E-state index contributed by atoms with van der Waals surface area (Å²) >= 11 is 12.0. The van der Waals surface area contributed by atoms with Gasteiger partial charge in [-0.25, -0.2) is 13.4 Å². The van der Waals surface area contributed by atoms with E-state index in [1.807, 2.05) is 50.4 Å². The van der Waals surface area contributed by atoms with Crippen molar-refractivity contribution in [3.63, 3.8) is 0 Å². The largest absolute Gasteiger partial charge is 0.294 e. The molecule has 0 saturated carbocycles. The van der Waals surface area contributed by atoms with Crippen LogP contribution in [0.1, 0.15) is 11.1 Å². The number of hydrogen-bond donors (Lipinski definition) is 1. The van der Waals surface area contributed by atoms with Gasteiger partial charge in [-0.15, -0.1) is 6.58 Å². The molecule has 0 radical (unpaired) electrons. The van der Waals surface area contributed by atoms with E-state index in [-0.39, 0.29) is 17.4 Å². The molecular weight excluding hydrogens is 543 g/mol. The second-order valence-electron chi connectivity index (χ2n) is 8.68. The number of aromatic nitrogens is 2. The number of nitrogens with one attached hydrogen (secondary N) is 1. The monoisotopic (exact) mass is 568 g/mol. The minimum Gasteiger partial charge on any atom is -0.294 e. The highest BCUT2D eigenvalue weighted by atomic mass is 35.5. The Hall–Kier alpha value is -3.43. The summed E-state index contributed by atoms with van der Waals surface area (Å²) in [6.07, 6.45) is 3.24. The number of imidazole rings is 1. The Balaban J connectivity index is 1.66. The quantitative estimate of drug-likeness (QED) is 0.241. The van der Waals surface area contributed by atoms with Gasteiger partial charge in [-0.2, -0.15) is 4.31 Å². The van der Waals surface area contributed by atoms with Gasteiger partial charge in [0.15, 0.2) is 0 Å². The van der Waals surface area contributed by atoms with E-state index < -0.39 is 22.5 Å². The van der Waals surface area contributed by atoms with Crippen molar-refractivity contribution in [1.29, 1.82) is 0 Å². The number of carbonyl (C=O) groups excluding carboxylic acids is 1. The molecule has 38 heavy (non-hydrogen) atoms. The standard InChI is InChI=1S/C28H26Cl2N4O3S/c1-4-15-33(38(36,37)25-13-10-23(30)11-14-25)18-27(35)32-28-31-26(21-6-8-22(29)9-7-21)17-34(28)24-12-5-19(2)20(3)16-24/h4-14,16-17H,1,15,18H2,2-3H3,(H,31,32,35). The molecule has 0 spiro atoms. The van der Waals surface area contributed by atoms with Crippen molar-refractivity contribution in [1.82, 2.24) is 13.9 Å². The highest BCUT2D eigenvalue weighted by Crippen LogP contribution is 2.27. The van der Waals surface area contributed by atoms with E-state index in [2.05, 4.69) is 16.9 Å². The van der Waals surface area contributed by atoms with Crippen LogP contribution in [0.2, 0.25) is 10.0 Å². The number of hydrogen-bond acceptors (Lipinski definition) is 4. The lowest BCUT2D eigenvalue weighted by atomic mass is 10.1. The first-order chi connectivity index (χ1) is 18.1. The van der Waals surface area contributed by atoms with Crippen LogP contribution in [-0.2, 0) is 14.8 Å². The Bertz CT molecular complexity index is 1580. The van der Waals surface area contributed by atoms with E-state index in [9.17, 15) is 13.2 Å².